The van der Waals surface area contributed by atoms with Crippen LogP contribution in [0.25, 0.3) is 0 Å². The number of imide groups is 1. The first kappa shape index (κ1) is 42.3. The molecule has 10 rings (SSSR count). The van der Waals surface area contributed by atoms with Crippen LogP contribution in [-0.4, -0.2) is 88.2 Å². The highest BCUT2D eigenvalue weighted by atomic mass is 16.5. The maximum Gasteiger partial charge on any atom is 0.261 e. The van der Waals surface area contributed by atoms with Gasteiger partial charge in [0.1, 0.15) is 5.75 Å². The number of rotatable bonds is 12. The van der Waals surface area contributed by atoms with E-state index in [1.54, 1.807) is 45.6 Å². The van der Waals surface area contributed by atoms with E-state index in [1.807, 2.05) is 6.07 Å². The zero-order chi connectivity index (χ0) is 43.6. The first-order valence-electron chi connectivity index (χ1n) is 22.3. The molecule has 11 heteroatoms. The molecule has 0 fully saturated rings. The van der Waals surface area contributed by atoms with E-state index in [1.165, 1.54) is 21.6 Å². The summed E-state index contributed by atoms with van der Waals surface area (Å²) in [5.74, 6) is 4.88. The molecule has 0 saturated heterocycles. The Hall–Kier alpha value is -6.04. The van der Waals surface area contributed by atoms with Crippen LogP contribution >= 0.6 is 0 Å². The minimum atomic E-state index is -0.189. The number of benzene rings is 5. The molecule has 328 valence electrons. The number of nitrogens with zero attached hydrogens (tertiary/aromatic N) is 3. The van der Waals surface area contributed by atoms with E-state index in [0.717, 1.165) is 86.9 Å². The van der Waals surface area contributed by atoms with Gasteiger partial charge in [-0.3, -0.25) is 24.3 Å². The second-order valence-electron chi connectivity index (χ2n) is 17.2. The molecule has 5 aromatic rings. The van der Waals surface area contributed by atoms with Gasteiger partial charge in [0.2, 0.25) is 5.75 Å². The molecule has 0 aliphatic carbocycles. The molecular weight excluding hydrogens is 795 g/mol. The lowest BCUT2D eigenvalue weighted by molar-refractivity contribution is 0.0651. The van der Waals surface area contributed by atoms with Gasteiger partial charge in [-0.25, -0.2) is 0 Å². The van der Waals surface area contributed by atoms with Crippen LogP contribution in [0.2, 0.25) is 0 Å². The van der Waals surface area contributed by atoms with E-state index < -0.39 is 0 Å². The zero-order valence-corrected chi connectivity index (χ0v) is 37.0. The zero-order valence-electron chi connectivity index (χ0n) is 37.0. The van der Waals surface area contributed by atoms with Gasteiger partial charge in [-0.2, -0.15) is 0 Å². The highest BCUT2D eigenvalue weighted by molar-refractivity contribution is 6.21. The fraction of sp³-hybridized carbons (Fsp3) is 0.385. The number of ether oxygens (including phenoxy) is 6. The Kier molecular flexibility index (Phi) is 12.3. The molecule has 0 saturated carbocycles. The van der Waals surface area contributed by atoms with Crippen molar-refractivity contribution in [2.24, 2.45) is 0 Å². The van der Waals surface area contributed by atoms with Crippen molar-refractivity contribution >= 4 is 11.8 Å². The monoisotopic (exact) mass is 851 g/mol. The number of carbonyl (C=O) groups is 2. The number of hydrogen-bond acceptors (Lipinski definition) is 10. The second-order valence-corrected chi connectivity index (χ2v) is 17.2. The van der Waals surface area contributed by atoms with E-state index in [9.17, 15) is 9.59 Å². The van der Waals surface area contributed by atoms with Crippen molar-refractivity contribution in [3.05, 3.63) is 129 Å². The van der Waals surface area contributed by atoms with Crippen LogP contribution in [0.4, 0.5) is 0 Å². The third-order valence-corrected chi connectivity index (χ3v) is 13.3. The van der Waals surface area contributed by atoms with E-state index >= 15 is 0 Å². The molecule has 5 aromatic carbocycles. The summed E-state index contributed by atoms with van der Waals surface area (Å²) in [6, 6.07) is 28.3. The fourth-order valence-corrected chi connectivity index (χ4v) is 9.75. The molecule has 0 unspecified atom stereocenters. The van der Waals surface area contributed by atoms with Crippen LogP contribution in [-0.2, 0) is 25.7 Å². The molecule has 0 radical (unpaired) electrons. The van der Waals surface area contributed by atoms with Crippen LogP contribution in [0.1, 0.15) is 98.3 Å². The van der Waals surface area contributed by atoms with Crippen molar-refractivity contribution in [3.63, 3.8) is 0 Å². The SMILES string of the molecule is COc1cc2c3cc1Oc1c(OC)c(OC)cc4c1[C@@H](Cc1ccc(OCCCCCCCN5C(=O)c6ccccc6C5=O)c(c1)Oc1ccc(cc1)C[C@@H]3N(C)CC2)N(C)CC4. The molecule has 5 aliphatic heterocycles. The van der Waals surface area contributed by atoms with Gasteiger partial charge in [-0.1, -0.05) is 49.6 Å². The maximum absolute atomic E-state index is 12.8. The topological polar surface area (TPSA) is 99.2 Å². The fourth-order valence-electron chi connectivity index (χ4n) is 9.75. The average Bonchev–Trinajstić information content (AvgIpc) is 3.54. The molecular formula is C52H57N3O8. The predicted molar refractivity (Wildman–Crippen MR) is 242 cm³/mol. The van der Waals surface area contributed by atoms with Crippen LogP contribution < -0.4 is 28.4 Å². The number of amides is 2. The Labute approximate surface area is 370 Å². The minimum Gasteiger partial charge on any atom is -0.493 e. The first-order chi connectivity index (χ1) is 30.7. The van der Waals surface area contributed by atoms with Gasteiger partial charge in [0, 0.05) is 37.3 Å². The van der Waals surface area contributed by atoms with Gasteiger partial charge in [0.05, 0.1) is 39.1 Å². The van der Waals surface area contributed by atoms with E-state index in [0.29, 0.717) is 70.9 Å². The van der Waals surface area contributed by atoms with E-state index in [-0.39, 0.29) is 23.9 Å². The normalized spacial score (nSPS) is 18.1. The van der Waals surface area contributed by atoms with Gasteiger partial charge in [-0.15, -0.1) is 0 Å². The number of methoxy groups -OCH3 is 3. The highest BCUT2D eigenvalue weighted by Gasteiger charge is 2.36. The molecule has 0 N–H and O–H groups in total. The van der Waals surface area contributed by atoms with Gasteiger partial charge in [-0.05, 0) is 135 Å². The Bertz CT molecular complexity index is 2470. The lowest BCUT2D eigenvalue weighted by atomic mass is 9.87. The van der Waals surface area contributed by atoms with Gasteiger partial charge in [0.15, 0.2) is 34.5 Å². The molecule has 2 atom stereocenters. The predicted octanol–water partition coefficient (Wildman–Crippen LogP) is 9.78. The molecule has 5 heterocycles. The molecule has 63 heavy (non-hydrogen) atoms. The maximum atomic E-state index is 12.8. The van der Waals surface area contributed by atoms with Crippen LogP contribution in [0, 0.1) is 0 Å². The van der Waals surface area contributed by atoms with Crippen molar-refractivity contribution in [3.8, 4) is 46.0 Å². The quantitative estimate of drug-likeness (QED) is 0.0892. The summed E-state index contributed by atoms with van der Waals surface area (Å²) in [7, 11) is 9.41. The van der Waals surface area contributed by atoms with Crippen molar-refractivity contribution in [2.75, 3.05) is 61.7 Å². The molecule has 2 amide bonds. The third-order valence-electron chi connectivity index (χ3n) is 13.3. The van der Waals surface area contributed by atoms with E-state index in [2.05, 4.69) is 78.5 Å². The Morgan fingerprint density at radius 2 is 1.25 bits per heavy atom. The lowest BCUT2D eigenvalue weighted by Gasteiger charge is -2.37. The summed E-state index contributed by atoms with van der Waals surface area (Å²) in [6.45, 7) is 2.78. The third kappa shape index (κ3) is 8.44. The summed E-state index contributed by atoms with van der Waals surface area (Å²) in [4.78, 5) is 31.7. The standard InChI is InChI=1S/C52H57N3O8/c1-53-24-21-35-30-44(58-3)46-32-40(35)41(53)27-33-15-18-37(19-16-33)62-45-29-34(28-42-48-36(22-25-54(42)2)31-47(59-4)49(60-5)50(48)63-46)17-20-43(45)61-26-12-8-6-7-11-23-55-51(56)38-13-9-10-14-39(38)52(55)57/h9-10,13-20,29-32,41-42H,6-8,11-12,21-28H2,1-5H3/t41-,42+/m0/s1. The summed E-state index contributed by atoms with van der Waals surface area (Å²) in [5, 5.41) is 0. The first-order valence-corrected chi connectivity index (χ1v) is 22.3. The molecule has 6 bridgehead atoms. The molecule has 5 aliphatic rings. The average molecular weight is 852 g/mol. The number of fused-ring (bicyclic) bond motifs is 3. The summed E-state index contributed by atoms with van der Waals surface area (Å²) in [6.07, 6.45) is 7.76. The van der Waals surface area contributed by atoms with Crippen LogP contribution in [0.5, 0.6) is 46.0 Å². The largest absolute Gasteiger partial charge is 0.493 e. The Balaban J connectivity index is 0.978. The van der Waals surface area contributed by atoms with Gasteiger partial charge in [0.25, 0.3) is 11.8 Å². The van der Waals surface area contributed by atoms with Crippen LogP contribution in [0.15, 0.2) is 84.9 Å². The lowest BCUT2D eigenvalue weighted by Crippen LogP contribution is -2.34. The Morgan fingerprint density at radius 3 is 1.98 bits per heavy atom. The van der Waals surface area contributed by atoms with E-state index in [4.69, 9.17) is 28.4 Å². The smallest absolute Gasteiger partial charge is 0.261 e. The number of unbranched alkanes of at least 4 members (excludes halogenated alkanes) is 4. The molecule has 11 nitrogen and oxygen atoms in total. The van der Waals surface area contributed by atoms with Crippen molar-refractivity contribution < 1.29 is 38.0 Å². The summed E-state index contributed by atoms with van der Waals surface area (Å²) >= 11 is 0. The highest BCUT2D eigenvalue weighted by Crippen LogP contribution is 2.52. The van der Waals surface area contributed by atoms with Gasteiger partial charge < -0.3 is 28.4 Å². The van der Waals surface area contributed by atoms with Crippen molar-refractivity contribution in [1.29, 1.82) is 0 Å². The number of hydrogen-bond donors (Lipinski definition) is 0. The second kappa shape index (κ2) is 18.4. The number of likely N-dealkylation sites (N-methyl/N-ethyl adjacent to an activating group) is 2. The van der Waals surface area contributed by atoms with Crippen molar-refractivity contribution in [2.45, 2.75) is 69.9 Å². The molecule has 0 aromatic heterocycles. The number of carbonyl (C=O) groups excluding carboxylic acids is 2. The molecule has 0 spiro atoms. The minimum absolute atomic E-state index is 0.0547. The summed E-state index contributed by atoms with van der Waals surface area (Å²) in [5.41, 5.74) is 8.02. The van der Waals surface area contributed by atoms with Gasteiger partial charge >= 0.3 is 0 Å². The van der Waals surface area contributed by atoms with Crippen molar-refractivity contribution in [1.82, 2.24) is 14.7 Å². The van der Waals surface area contributed by atoms with Crippen LogP contribution in [0.3, 0.4) is 0 Å². The Morgan fingerprint density at radius 1 is 0.619 bits per heavy atom. The summed E-state index contributed by atoms with van der Waals surface area (Å²) < 4.78 is 38.4.